The van der Waals surface area contributed by atoms with Crippen molar-refractivity contribution in [2.24, 2.45) is 5.73 Å². The van der Waals surface area contributed by atoms with E-state index in [2.05, 4.69) is 5.32 Å². The van der Waals surface area contributed by atoms with Crippen molar-refractivity contribution >= 4 is 17.7 Å². The first-order valence-corrected chi connectivity index (χ1v) is 10.3. The molecule has 9 nitrogen and oxygen atoms in total. The third-order valence-electron chi connectivity index (χ3n) is 5.53. The third-order valence-corrected chi connectivity index (χ3v) is 5.53. The standard InChI is InChI=1S/C23H27N3O6/c1-31-18-10-9-17(27)19(21(18)32-2)20(28)14-5-7-15(8-6-14)22(29)25-16-4-3-12-26(13-11-16)23(24)30/h5-10,16,27H,3-4,11-13H2,1-2H3,(H2,24,30)(H,25,29)/t16-/m0/s1. The van der Waals surface area contributed by atoms with Gasteiger partial charge in [0.25, 0.3) is 5.91 Å². The van der Waals surface area contributed by atoms with Crippen LogP contribution in [0.2, 0.25) is 0 Å². The summed E-state index contributed by atoms with van der Waals surface area (Å²) in [6.45, 7) is 1.08. The van der Waals surface area contributed by atoms with Crippen LogP contribution < -0.4 is 20.5 Å². The number of ether oxygens (including phenoxy) is 2. The number of phenolic OH excluding ortho intramolecular Hbond substituents is 1. The van der Waals surface area contributed by atoms with E-state index >= 15 is 0 Å². The number of nitrogens with two attached hydrogens (primary N) is 1. The molecular weight excluding hydrogens is 414 g/mol. The summed E-state index contributed by atoms with van der Waals surface area (Å²) < 4.78 is 10.5. The van der Waals surface area contributed by atoms with Gasteiger partial charge in [-0.1, -0.05) is 12.1 Å². The van der Waals surface area contributed by atoms with Gasteiger partial charge in [-0.3, -0.25) is 9.59 Å². The summed E-state index contributed by atoms with van der Waals surface area (Å²) in [7, 11) is 2.83. The fourth-order valence-electron chi connectivity index (χ4n) is 3.78. The van der Waals surface area contributed by atoms with Crippen LogP contribution in [0.1, 0.15) is 45.5 Å². The smallest absolute Gasteiger partial charge is 0.314 e. The van der Waals surface area contributed by atoms with Gasteiger partial charge >= 0.3 is 6.03 Å². The average molecular weight is 441 g/mol. The molecular formula is C23H27N3O6. The molecule has 3 amide bonds. The van der Waals surface area contributed by atoms with E-state index in [1.54, 1.807) is 17.0 Å². The molecule has 170 valence electrons. The fraction of sp³-hybridized carbons (Fsp3) is 0.348. The first-order valence-electron chi connectivity index (χ1n) is 10.3. The second-order valence-corrected chi connectivity index (χ2v) is 7.53. The summed E-state index contributed by atoms with van der Waals surface area (Å²) in [6, 6.07) is 8.52. The van der Waals surface area contributed by atoms with E-state index in [0.717, 1.165) is 12.8 Å². The largest absolute Gasteiger partial charge is 0.507 e. The third kappa shape index (κ3) is 4.93. The number of nitrogens with one attached hydrogen (secondary N) is 1. The highest BCUT2D eigenvalue weighted by Gasteiger charge is 2.24. The van der Waals surface area contributed by atoms with Crippen molar-refractivity contribution in [3.8, 4) is 17.2 Å². The second kappa shape index (κ2) is 10.0. The number of amides is 3. The molecule has 0 spiro atoms. The maximum atomic E-state index is 13.0. The van der Waals surface area contributed by atoms with E-state index in [4.69, 9.17) is 15.2 Å². The van der Waals surface area contributed by atoms with Gasteiger partial charge in [-0.15, -0.1) is 0 Å². The zero-order valence-electron chi connectivity index (χ0n) is 18.1. The molecule has 4 N–H and O–H groups in total. The zero-order chi connectivity index (χ0) is 23.3. The number of primary amides is 1. The fourth-order valence-corrected chi connectivity index (χ4v) is 3.78. The molecule has 32 heavy (non-hydrogen) atoms. The number of carbonyl (C=O) groups is 3. The maximum Gasteiger partial charge on any atom is 0.314 e. The highest BCUT2D eigenvalue weighted by atomic mass is 16.5. The molecule has 0 aliphatic carbocycles. The first-order chi connectivity index (χ1) is 15.3. The number of carbonyl (C=O) groups excluding carboxylic acids is 3. The Kier molecular flexibility index (Phi) is 7.19. The molecule has 1 aliphatic heterocycles. The Hall–Kier alpha value is -3.75. The molecule has 0 aromatic heterocycles. The predicted octanol–water partition coefficient (Wildman–Crippen LogP) is 2.30. The minimum atomic E-state index is -0.458. The van der Waals surface area contributed by atoms with Crippen molar-refractivity contribution in [1.82, 2.24) is 10.2 Å². The summed E-state index contributed by atoms with van der Waals surface area (Å²) in [6.07, 6.45) is 2.13. The Morgan fingerprint density at radius 2 is 1.69 bits per heavy atom. The summed E-state index contributed by atoms with van der Waals surface area (Å²) in [4.78, 5) is 38.6. The van der Waals surface area contributed by atoms with Crippen molar-refractivity contribution in [2.45, 2.75) is 25.3 Å². The van der Waals surface area contributed by atoms with E-state index in [9.17, 15) is 19.5 Å². The van der Waals surface area contributed by atoms with Crippen molar-refractivity contribution in [3.05, 3.63) is 53.1 Å². The van der Waals surface area contributed by atoms with Gasteiger partial charge in [0, 0.05) is 30.3 Å². The van der Waals surface area contributed by atoms with Crippen LogP contribution in [-0.4, -0.2) is 61.1 Å². The van der Waals surface area contributed by atoms with Crippen LogP contribution in [0.3, 0.4) is 0 Å². The van der Waals surface area contributed by atoms with Crippen LogP contribution in [0, 0.1) is 0 Å². The average Bonchev–Trinajstić information content (AvgIpc) is 3.04. The summed E-state index contributed by atoms with van der Waals surface area (Å²) in [5.74, 6) is -0.489. The number of hydrogen-bond donors (Lipinski definition) is 3. The predicted molar refractivity (Wildman–Crippen MR) is 117 cm³/mol. The van der Waals surface area contributed by atoms with Gasteiger partial charge in [-0.05, 0) is 43.5 Å². The van der Waals surface area contributed by atoms with Crippen LogP contribution in [0.15, 0.2) is 36.4 Å². The molecule has 0 bridgehead atoms. The molecule has 0 unspecified atom stereocenters. The van der Waals surface area contributed by atoms with Crippen LogP contribution in [0.5, 0.6) is 17.2 Å². The number of nitrogens with zero attached hydrogens (tertiary/aromatic N) is 1. The van der Waals surface area contributed by atoms with Crippen molar-refractivity contribution in [3.63, 3.8) is 0 Å². The lowest BCUT2D eigenvalue weighted by molar-refractivity contribution is 0.0932. The van der Waals surface area contributed by atoms with Gasteiger partial charge in [0.2, 0.25) is 5.78 Å². The molecule has 1 heterocycles. The number of likely N-dealkylation sites (tertiary alicyclic amines) is 1. The van der Waals surface area contributed by atoms with Gasteiger partial charge in [0.1, 0.15) is 11.3 Å². The molecule has 1 atom stereocenters. The quantitative estimate of drug-likeness (QED) is 0.590. The highest BCUT2D eigenvalue weighted by molar-refractivity contribution is 6.13. The topological polar surface area (TPSA) is 131 Å². The summed E-state index contributed by atoms with van der Waals surface area (Å²) in [5.41, 5.74) is 6.02. The van der Waals surface area contributed by atoms with Gasteiger partial charge < -0.3 is 30.5 Å². The van der Waals surface area contributed by atoms with E-state index in [1.807, 2.05) is 0 Å². The van der Waals surface area contributed by atoms with E-state index in [-0.39, 0.29) is 34.6 Å². The molecule has 2 aromatic carbocycles. The number of hydrogen-bond acceptors (Lipinski definition) is 6. The van der Waals surface area contributed by atoms with E-state index in [0.29, 0.717) is 30.8 Å². The maximum absolute atomic E-state index is 13.0. The molecule has 3 rings (SSSR count). The van der Waals surface area contributed by atoms with E-state index in [1.165, 1.54) is 38.5 Å². The molecule has 0 radical (unpaired) electrons. The van der Waals surface area contributed by atoms with E-state index < -0.39 is 11.8 Å². The Labute approximate surface area is 186 Å². The van der Waals surface area contributed by atoms with Gasteiger partial charge in [-0.25, -0.2) is 4.79 Å². The molecule has 9 heteroatoms. The monoisotopic (exact) mass is 441 g/mol. The van der Waals surface area contributed by atoms with Gasteiger partial charge in [0.15, 0.2) is 11.5 Å². The van der Waals surface area contributed by atoms with Crippen LogP contribution in [-0.2, 0) is 0 Å². The summed E-state index contributed by atoms with van der Waals surface area (Å²) >= 11 is 0. The lowest BCUT2D eigenvalue weighted by atomic mass is 9.99. The minimum absolute atomic E-state index is 0.0125. The molecule has 0 saturated carbocycles. The lowest BCUT2D eigenvalue weighted by Crippen LogP contribution is -2.38. The highest BCUT2D eigenvalue weighted by Crippen LogP contribution is 2.38. The molecule has 2 aromatic rings. The number of ketones is 1. The van der Waals surface area contributed by atoms with Crippen molar-refractivity contribution in [2.75, 3.05) is 27.3 Å². The molecule has 1 aliphatic rings. The SMILES string of the molecule is COc1ccc(O)c(C(=O)c2ccc(C(=O)N[C@H]3CCCN(C(N)=O)CC3)cc2)c1OC. The first kappa shape index (κ1) is 22.9. The Balaban J connectivity index is 1.72. The van der Waals surface area contributed by atoms with Crippen molar-refractivity contribution in [1.29, 1.82) is 0 Å². The number of rotatable bonds is 6. The lowest BCUT2D eigenvalue weighted by Gasteiger charge is -2.18. The number of urea groups is 1. The summed E-state index contributed by atoms with van der Waals surface area (Å²) in [5, 5.41) is 13.2. The Bertz CT molecular complexity index is 1010. The van der Waals surface area contributed by atoms with Crippen LogP contribution in [0.25, 0.3) is 0 Å². The Morgan fingerprint density at radius 1 is 1.00 bits per heavy atom. The second-order valence-electron chi connectivity index (χ2n) is 7.53. The number of aromatic hydroxyl groups is 1. The Morgan fingerprint density at radius 3 is 2.31 bits per heavy atom. The number of phenols is 1. The van der Waals surface area contributed by atoms with Gasteiger partial charge in [-0.2, -0.15) is 0 Å². The number of methoxy groups -OCH3 is 2. The van der Waals surface area contributed by atoms with Crippen LogP contribution in [0.4, 0.5) is 4.79 Å². The molecule has 1 saturated heterocycles. The molecule has 1 fully saturated rings. The minimum Gasteiger partial charge on any atom is -0.507 e. The van der Waals surface area contributed by atoms with Crippen molar-refractivity contribution < 1.29 is 29.0 Å². The van der Waals surface area contributed by atoms with Gasteiger partial charge in [0.05, 0.1) is 14.2 Å². The van der Waals surface area contributed by atoms with Crippen LogP contribution >= 0.6 is 0 Å². The normalized spacial score (nSPS) is 16.1. The zero-order valence-corrected chi connectivity index (χ0v) is 18.1. The number of benzene rings is 2.